The van der Waals surface area contributed by atoms with Crippen molar-refractivity contribution < 1.29 is 23.1 Å². The Morgan fingerprint density at radius 1 is 1.13 bits per heavy atom. The number of amides is 1. The zero-order chi connectivity index (χ0) is 27.4. The van der Waals surface area contributed by atoms with E-state index >= 15 is 0 Å². The third-order valence-electron chi connectivity index (χ3n) is 5.90. The Bertz CT molecular complexity index is 1430. The Hall–Kier alpha value is -4.38. The minimum Gasteiger partial charge on any atom is -0.394 e. The fourth-order valence-corrected chi connectivity index (χ4v) is 3.85. The van der Waals surface area contributed by atoms with Crippen molar-refractivity contribution in [2.24, 2.45) is 0 Å². The Morgan fingerprint density at radius 3 is 2.61 bits per heavy atom. The van der Waals surface area contributed by atoms with Crippen LogP contribution in [0.3, 0.4) is 0 Å². The Labute approximate surface area is 217 Å². The van der Waals surface area contributed by atoms with Gasteiger partial charge in [-0.25, -0.2) is 9.97 Å². The average molecular weight is 525 g/mol. The van der Waals surface area contributed by atoms with Gasteiger partial charge in [0.05, 0.1) is 23.9 Å². The number of nitrogens with one attached hydrogen (secondary N) is 3. The summed E-state index contributed by atoms with van der Waals surface area (Å²) in [5.74, 6) is -0.211. The van der Waals surface area contributed by atoms with Crippen molar-refractivity contribution in [3.8, 4) is 11.3 Å². The molecule has 1 unspecified atom stereocenters. The lowest BCUT2D eigenvalue weighted by atomic mass is 10.0. The molecule has 4 N–H and O–H groups in total. The summed E-state index contributed by atoms with van der Waals surface area (Å²) >= 11 is 0. The van der Waals surface area contributed by atoms with Crippen LogP contribution in [0.25, 0.3) is 11.3 Å². The summed E-state index contributed by atoms with van der Waals surface area (Å²) in [6.07, 6.45) is -1.26. The second-order valence-electron chi connectivity index (χ2n) is 8.93. The van der Waals surface area contributed by atoms with Crippen molar-refractivity contribution in [1.82, 2.24) is 20.3 Å². The molecular weight excluding hydrogens is 497 g/mol. The quantitative estimate of drug-likeness (QED) is 0.256. The van der Waals surface area contributed by atoms with Gasteiger partial charge in [0.2, 0.25) is 5.95 Å². The lowest BCUT2D eigenvalue weighted by Crippen LogP contribution is -2.31. The molecule has 0 radical (unpaired) electrons. The lowest BCUT2D eigenvalue weighted by Gasteiger charge is -2.18. The fourth-order valence-electron chi connectivity index (χ4n) is 3.85. The number of aliphatic hydroxyl groups is 1. The van der Waals surface area contributed by atoms with Crippen LogP contribution in [0.4, 0.5) is 30.5 Å². The van der Waals surface area contributed by atoms with E-state index < -0.39 is 30.3 Å². The molecule has 0 bridgehead atoms. The van der Waals surface area contributed by atoms with E-state index in [0.717, 1.165) is 29.1 Å². The number of carbonyl (C=O) groups is 1. The molecule has 38 heavy (non-hydrogen) atoms. The Balaban J connectivity index is 1.52. The summed E-state index contributed by atoms with van der Waals surface area (Å²) in [6.45, 7) is 1.27. The summed E-state index contributed by atoms with van der Waals surface area (Å²) in [5, 5.41) is 15.5. The second-order valence-corrected chi connectivity index (χ2v) is 8.93. The number of carbonyl (C=O) groups excluding carboxylic acids is 1. The zero-order valence-corrected chi connectivity index (χ0v) is 21.0. The van der Waals surface area contributed by atoms with Crippen molar-refractivity contribution in [3.05, 3.63) is 89.4 Å². The first kappa shape index (κ1) is 26.7. The van der Waals surface area contributed by atoms with Crippen LogP contribution in [0.15, 0.2) is 67.0 Å². The molecule has 0 saturated carbocycles. The molecule has 1 amide bonds. The molecule has 0 saturated heterocycles. The molecule has 0 aliphatic rings. The molecule has 1 atom stereocenters. The van der Waals surface area contributed by atoms with Gasteiger partial charge in [-0.05, 0) is 54.4 Å². The van der Waals surface area contributed by atoms with E-state index in [1.165, 1.54) is 12.1 Å². The standard InChI is InChI=1S/C27H27F3N6O2/c1-16-13-32-26(33-20-8-5-9-21(12-20)36(2)3)35-24(16)18-11-22(31-14-18)25(38)34-23(15-37)17-6-4-7-19(10-17)27(28,29)30/h4-14,23,31,37H,15H2,1-3H3,(H,34,38)(H,32,33,35). The number of aromatic nitrogens is 3. The predicted molar refractivity (Wildman–Crippen MR) is 139 cm³/mol. The minimum absolute atomic E-state index is 0.142. The fraction of sp³-hybridized carbons (Fsp3) is 0.222. The number of halogens is 3. The number of aliphatic hydroxyl groups excluding tert-OH is 1. The monoisotopic (exact) mass is 524 g/mol. The topological polar surface area (TPSA) is 106 Å². The van der Waals surface area contributed by atoms with Crippen LogP contribution in [0.5, 0.6) is 0 Å². The summed E-state index contributed by atoms with van der Waals surface area (Å²) in [7, 11) is 3.89. The van der Waals surface area contributed by atoms with Crippen LogP contribution in [0, 0.1) is 6.92 Å². The largest absolute Gasteiger partial charge is 0.416 e. The van der Waals surface area contributed by atoms with E-state index in [-0.39, 0.29) is 11.3 Å². The first-order chi connectivity index (χ1) is 18.0. The first-order valence-corrected chi connectivity index (χ1v) is 11.7. The van der Waals surface area contributed by atoms with E-state index in [1.54, 1.807) is 18.5 Å². The molecule has 2 aromatic carbocycles. The van der Waals surface area contributed by atoms with Crippen molar-refractivity contribution in [2.45, 2.75) is 19.1 Å². The lowest BCUT2D eigenvalue weighted by molar-refractivity contribution is -0.137. The summed E-state index contributed by atoms with van der Waals surface area (Å²) in [6, 6.07) is 12.8. The van der Waals surface area contributed by atoms with Crippen LogP contribution in [-0.4, -0.2) is 46.7 Å². The second kappa shape index (κ2) is 10.9. The molecule has 0 spiro atoms. The average Bonchev–Trinajstić information content (AvgIpc) is 3.38. The molecule has 2 heterocycles. The molecule has 2 aromatic heterocycles. The maximum Gasteiger partial charge on any atom is 0.416 e. The van der Waals surface area contributed by atoms with E-state index in [9.17, 15) is 23.1 Å². The van der Waals surface area contributed by atoms with Crippen molar-refractivity contribution >= 4 is 23.2 Å². The highest BCUT2D eigenvalue weighted by Crippen LogP contribution is 2.31. The van der Waals surface area contributed by atoms with Gasteiger partial charge in [0, 0.05) is 43.4 Å². The van der Waals surface area contributed by atoms with Gasteiger partial charge >= 0.3 is 6.18 Å². The summed E-state index contributed by atoms with van der Waals surface area (Å²) in [5.41, 5.74) is 3.26. The highest BCUT2D eigenvalue weighted by molar-refractivity contribution is 5.94. The van der Waals surface area contributed by atoms with Crippen LogP contribution in [0.1, 0.15) is 33.2 Å². The molecule has 0 aliphatic carbocycles. The number of aromatic amines is 1. The maximum absolute atomic E-state index is 13.1. The zero-order valence-electron chi connectivity index (χ0n) is 21.0. The normalized spacial score (nSPS) is 12.2. The number of anilines is 3. The number of hydrogen-bond donors (Lipinski definition) is 4. The number of hydrogen-bond acceptors (Lipinski definition) is 6. The van der Waals surface area contributed by atoms with Crippen molar-refractivity contribution in [3.63, 3.8) is 0 Å². The molecule has 4 rings (SSSR count). The van der Waals surface area contributed by atoms with Crippen LogP contribution in [-0.2, 0) is 6.18 Å². The number of alkyl halides is 3. The number of aryl methyl sites for hydroxylation is 1. The van der Waals surface area contributed by atoms with Crippen LogP contribution in [0.2, 0.25) is 0 Å². The number of nitrogens with zero attached hydrogens (tertiary/aromatic N) is 3. The van der Waals surface area contributed by atoms with E-state index in [0.29, 0.717) is 17.2 Å². The SMILES string of the molecule is Cc1cnc(Nc2cccc(N(C)C)c2)nc1-c1c[nH]c(C(=O)NC(CO)c2cccc(C(F)(F)F)c2)c1. The number of benzene rings is 2. The first-order valence-electron chi connectivity index (χ1n) is 11.7. The van der Waals surface area contributed by atoms with Gasteiger partial charge in [-0.2, -0.15) is 13.2 Å². The van der Waals surface area contributed by atoms with E-state index in [4.69, 9.17) is 0 Å². The van der Waals surface area contributed by atoms with Crippen molar-refractivity contribution in [2.75, 3.05) is 30.9 Å². The molecule has 11 heteroatoms. The highest BCUT2D eigenvalue weighted by Gasteiger charge is 2.31. The van der Waals surface area contributed by atoms with Gasteiger partial charge in [0.25, 0.3) is 5.91 Å². The van der Waals surface area contributed by atoms with Gasteiger partial charge < -0.3 is 25.6 Å². The van der Waals surface area contributed by atoms with E-state index in [2.05, 4.69) is 25.6 Å². The van der Waals surface area contributed by atoms with Gasteiger partial charge in [0.15, 0.2) is 0 Å². The van der Waals surface area contributed by atoms with Crippen LogP contribution < -0.4 is 15.5 Å². The number of H-pyrrole nitrogens is 1. The third-order valence-corrected chi connectivity index (χ3v) is 5.90. The third kappa shape index (κ3) is 6.12. The maximum atomic E-state index is 13.1. The molecule has 0 aliphatic heterocycles. The van der Waals surface area contributed by atoms with Crippen LogP contribution >= 0.6 is 0 Å². The van der Waals surface area contributed by atoms with Crippen molar-refractivity contribution in [1.29, 1.82) is 0 Å². The smallest absolute Gasteiger partial charge is 0.394 e. The Morgan fingerprint density at radius 2 is 1.89 bits per heavy atom. The predicted octanol–water partition coefficient (Wildman–Crippen LogP) is 5.07. The Kier molecular flexibility index (Phi) is 7.67. The summed E-state index contributed by atoms with van der Waals surface area (Å²) < 4.78 is 39.3. The molecule has 4 aromatic rings. The van der Waals surface area contributed by atoms with Gasteiger partial charge in [0.1, 0.15) is 5.69 Å². The molecule has 8 nitrogen and oxygen atoms in total. The molecular formula is C27H27F3N6O2. The minimum atomic E-state index is -4.54. The van der Waals surface area contributed by atoms with E-state index in [1.807, 2.05) is 50.2 Å². The molecule has 198 valence electrons. The molecule has 0 fully saturated rings. The van der Waals surface area contributed by atoms with Gasteiger partial charge in [-0.15, -0.1) is 0 Å². The summed E-state index contributed by atoms with van der Waals surface area (Å²) in [4.78, 5) is 26.7. The number of rotatable bonds is 8. The van der Waals surface area contributed by atoms with Gasteiger partial charge in [-0.1, -0.05) is 18.2 Å². The van der Waals surface area contributed by atoms with Gasteiger partial charge in [-0.3, -0.25) is 4.79 Å². The highest BCUT2D eigenvalue weighted by atomic mass is 19.4.